The summed E-state index contributed by atoms with van der Waals surface area (Å²) in [5.74, 6) is 2.41. The molecule has 0 aliphatic rings. The number of carbonyl (C=O) groups is 1. The predicted molar refractivity (Wildman–Crippen MR) is 184 cm³/mol. The number of benzene rings is 5. The molecule has 0 spiro atoms. The van der Waals surface area contributed by atoms with E-state index in [4.69, 9.17) is 18.9 Å². The van der Waals surface area contributed by atoms with Crippen molar-refractivity contribution in [1.82, 2.24) is 0 Å². The summed E-state index contributed by atoms with van der Waals surface area (Å²) in [5, 5.41) is 0. The molecule has 0 unspecified atom stereocenters. The molecular formula is C41H40O5. The fraction of sp³-hybridized carbons (Fsp3) is 0.195. The van der Waals surface area contributed by atoms with Gasteiger partial charge < -0.3 is 18.9 Å². The Bertz CT molecular complexity index is 1780. The lowest BCUT2D eigenvalue weighted by Gasteiger charge is -2.21. The second-order valence-electron chi connectivity index (χ2n) is 11.1. The molecule has 0 aliphatic heterocycles. The van der Waals surface area contributed by atoms with Crippen LogP contribution in [0.15, 0.2) is 115 Å². The van der Waals surface area contributed by atoms with E-state index in [0.29, 0.717) is 49.2 Å². The largest absolute Gasteiger partial charge is 0.493 e. The maximum absolute atomic E-state index is 14.0. The highest BCUT2D eigenvalue weighted by molar-refractivity contribution is 6.10. The quantitative estimate of drug-likeness (QED) is 0.0923. The molecule has 0 saturated heterocycles. The molecule has 0 heterocycles. The van der Waals surface area contributed by atoms with E-state index in [1.807, 2.05) is 137 Å². The molecule has 0 aromatic heterocycles. The van der Waals surface area contributed by atoms with E-state index in [-0.39, 0.29) is 5.78 Å². The van der Waals surface area contributed by atoms with E-state index in [0.717, 1.165) is 44.7 Å². The maximum Gasteiger partial charge on any atom is 0.190 e. The average Bonchev–Trinajstić information content (AvgIpc) is 3.10. The van der Waals surface area contributed by atoms with Crippen LogP contribution in [-0.2, 0) is 19.8 Å². The molecule has 5 aromatic rings. The van der Waals surface area contributed by atoms with Gasteiger partial charge in [0.25, 0.3) is 0 Å². The van der Waals surface area contributed by atoms with E-state index >= 15 is 0 Å². The van der Waals surface area contributed by atoms with Gasteiger partial charge in [0.15, 0.2) is 5.78 Å². The number of hydrogen-bond donors (Lipinski definition) is 0. The maximum atomic E-state index is 14.0. The summed E-state index contributed by atoms with van der Waals surface area (Å²) < 4.78 is 24.8. The van der Waals surface area contributed by atoms with E-state index in [2.05, 4.69) is 0 Å². The van der Waals surface area contributed by atoms with Crippen LogP contribution < -0.4 is 18.9 Å². The molecule has 0 saturated carbocycles. The van der Waals surface area contributed by atoms with Crippen molar-refractivity contribution < 1.29 is 23.7 Å². The number of ether oxygens (including phenoxy) is 4. The molecule has 5 rings (SSSR count). The van der Waals surface area contributed by atoms with Gasteiger partial charge in [-0.2, -0.15) is 0 Å². The van der Waals surface area contributed by atoms with E-state index in [1.54, 1.807) is 12.2 Å². The highest BCUT2D eigenvalue weighted by atomic mass is 16.5. The van der Waals surface area contributed by atoms with E-state index < -0.39 is 0 Å². The van der Waals surface area contributed by atoms with Gasteiger partial charge in [-0.05, 0) is 79.8 Å². The minimum absolute atomic E-state index is 0.178. The number of carbonyl (C=O) groups excluding carboxylic acids is 1. The van der Waals surface area contributed by atoms with Crippen molar-refractivity contribution in [3.05, 3.63) is 160 Å². The minimum Gasteiger partial charge on any atom is -0.493 e. The van der Waals surface area contributed by atoms with Crippen LogP contribution >= 0.6 is 0 Å². The molecular weight excluding hydrogens is 572 g/mol. The highest BCUT2D eigenvalue weighted by Crippen LogP contribution is 2.39. The predicted octanol–water partition coefficient (Wildman–Crippen LogP) is 9.64. The number of hydrogen-bond acceptors (Lipinski definition) is 5. The lowest BCUT2D eigenvalue weighted by molar-refractivity contribution is 0.104. The molecule has 0 amide bonds. The molecule has 0 bridgehead atoms. The summed E-state index contributed by atoms with van der Waals surface area (Å²) in [6, 6.07) is 35.6. The molecule has 234 valence electrons. The second kappa shape index (κ2) is 15.6. The zero-order valence-corrected chi connectivity index (χ0v) is 26.9. The summed E-state index contributed by atoms with van der Waals surface area (Å²) in [6.07, 6.45) is 3.37. The fourth-order valence-electron chi connectivity index (χ4n) is 5.25. The van der Waals surface area contributed by atoms with Gasteiger partial charge in [-0.15, -0.1) is 0 Å². The van der Waals surface area contributed by atoms with E-state index in [1.165, 1.54) is 0 Å². The van der Waals surface area contributed by atoms with Gasteiger partial charge in [-0.1, -0.05) is 91.0 Å². The summed E-state index contributed by atoms with van der Waals surface area (Å²) in [7, 11) is 0. The van der Waals surface area contributed by atoms with Crippen molar-refractivity contribution in [1.29, 1.82) is 0 Å². The molecule has 0 N–H and O–H groups in total. The van der Waals surface area contributed by atoms with Crippen molar-refractivity contribution in [2.45, 2.75) is 47.5 Å². The first kappa shape index (κ1) is 32.1. The lowest BCUT2D eigenvalue weighted by atomic mass is 9.94. The van der Waals surface area contributed by atoms with Gasteiger partial charge in [0.05, 0.1) is 12.2 Å². The molecule has 0 radical (unpaired) electrons. The molecule has 0 aliphatic carbocycles. The van der Waals surface area contributed by atoms with E-state index in [9.17, 15) is 4.79 Å². The van der Waals surface area contributed by atoms with Crippen LogP contribution in [0.1, 0.15) is 56.2 Å². The molecule has 5 heteroatoms. The third kappa shape index (κ3) is 8.05. The summed E-state index contributed by atoms with van der Waals surface area (Å²) in [5.41, 5.74) is 6.99. The van der Waals surface area contributed by atoms with Gasteiger partial charge >= 0.3 is 0 Å². The first-order valence-corrected chi connectivity index (χ1v) is 15.6. The first-order chi connectivity index (χ1) is 22.4. The van der Waals surface area contributed by atoms with Crippen LogP contribution in [0.3, 0.4) is 0 Å². The van der Waals surface area contributed by atoms with Crippen LogP contribution in [0.2, 0.25) is 0 Å². The molecule has 0 fully saturated rings. The lowest BCUT2D eigenvalue weighted by Crippen LogP contribution is -2.10. The first-order valence-electron chi connectivity index (χ1n) is 15.6. The Hall–Kier alpha value is -5.29. The van der Waals surface area contributed by atoms with Crippen LogP contribution in [0.4, 0.5) is 0 Å². The minimum atomic E-state index is -0.178. The van der Waals surface area contributed by atoms with Crippen molar-refractivity contribution in [2.75, 3.05) is 6.61 Å². The number of ketones is 1. The van der Waals surface area contributed by atoms with Crippen LogP contribution in [0, 0.1) is 20.8 Å². The van der Waals surface area contributed by atoms with Crippen molar-refractivity contribution in [3.63, 3.8) is 0 Å². The number of rotatable bonds is 14. The average molecular weight is 613 g/mol. The van der Waals surface area contributed by atoms with Crippen molar-refractivity contribution >= 4 is 11.9 Å². The molecule has 46 heavy (non-hydrogen) atoms. The van der Waals surface area contributed by atoms with Gasteiger partial charge in [0.1, 0.15) is 42.8 Å². The van der Waals surface area contributed by atoms with Crippen molar-refractivity contribution in [3.8, 4) is 23.0 Å². The summed E-state index contributed by atoms with van der Waals surface area (Å²) in [6.45, 7) is 9.50. The van der Waals surface area contributed by atoms with Crippen LogP contribution in [-0.4, -0.2) is 12.4 Å². The molecule has 5 nitrogen and oxygen atoms in total. The van der Waals surface area contributed by atoms with Gasteiger partial charge in [0.2, 0.25) is 0 Å². The number of allylic oxidation sites excluding steroid dienone is 1. The Morgan fingerprint density at radius 1 is 0.587 bits per heavy atom. The smallest absolute Gasteiger partial charge is 0.190 e. The Balaban J connectivity index is 1.45. The molecule has 0 atom stereocenters. The SMILES string of the molecule is CCOc1c(C)c(C)c(OCc2ccccc2)c(C(=O)C=Cc2ccc(OCc3ccccc3)cc2OCc2ccccc2)c1C. The molecule has 5 aromatic carbocycles. The Kier molecular flexibility index (Phi) is 10.9. The van der Waals surface area contributed by atoms with Gasteiger partial charge in [-0.3, -0.25) is 4.79 Å². The van der Waals surface area contributed by atoms with Crippen molar-refractivity contribution in [2.24, 2.45) is 0 Å². The fourth-order valence-corrected chi connectivity index (χ4v) is 5.25. The topological polar surface area (TPSA) is 54.0 Å². The van der Waals surface area contributed by atoms with Crippen LogP contribution in [0.5, 0.6) is 23.0 Å². The normalized spacial score (nSPS) is 11.0. The third-order valence-corrected chi connectivity index (χ3v) is 7.83. The Morgan fingerprint density at radius 2 is 1.11 bits per heavy atom. The zero-order valence-electron chi connectivity index (χ0n) is 26.9. The highest BCUT2D eigenvalue weighted by Gasteiger charge is 2.23. The zero-order chi connectivity index (χ0) is 32.3. The standard InChI is InChI=1S/C41H40O5/c1-5-43-40-29(2)30(3)41(46-28-34-19-13-8-14-20-34)39(31(40)4)37(42)24-22-35-21-23-36(44-26-32-15-9-6-10-16-32)25-38(35)45-27-33-17-11-7-12-18-33/h6-25H,5,26-28H2,1-4H3. The second-order valence-corrected chi connectivity index (χ2v) is 11.1. The third-order valence-electron chi connectivity index (χ3n) is 7.83. The Morgan fingerprint density at radius 3 is 1.67 bits per heavy atom. The van der Waals surface area contributed by atoms with Gasteiger partial charge in [0, 0.05) is 17.2 Å². The monoisotopic (exact) mass is 612 g/mol. The summed E-state index contributed by atoms with van der Waals surface area (Å²) >= 11 is 0. The Labute approximate surface area is 272 Å². The van der Waals surface area contributed by atoms with Gasteiger partial charge in [-0.25, -0.2) is 0 Å². The van der Waals surface area contributed by atoms with Crippen LogP contribution in [0.25, 0.3) is 6.08 Å². The summed E-state index contributed by atoms with van der Waals surface area (Å²) in [4.78, 5) is 14.0.